The smallest absolute Gasteiger partial charge is 0.226 e. The Balaban J connectivity index is 0.00000312. The summed E-state index contributed by atoms with van der Waals surface area (Å²) in [4.78, 5) is 18.0. The van der Waals surface area contributed by atoms with Gasteiger partial charge in [0.15, 0.2) is 5.96 Å². The Bertz CT molecular complexity index is 549. The molecule has 1 fully saturated rings. The molecule has 0 aromatic heterocycles. The quantitative estimate of drug-likeness (QED) is 0.284. The van der Waals surface area contributed by atoms with E-state index in [2.05, 4.69) is 27.8 Å². The number of aliphatic imine (C=N–C) groups is 1. The van der Waals surface area contributed by atoms with Gasteiger partial charge in [0, 0.05) is 52.5 Å². The molecule has 0 unspecified atom stereocenters. The molecular formula is C18H29IN4O2. The maximum absolute atomic E-state index is 12.0. The van der Waals surface area contributed by atoms with Crippen LogP contribution in [0.5, 0.6) is 0 Å². The van der Waals surface area contributed by atoms with Gasteiger partial charge in [-0.25, -0.2) is 0 Å². The second-order valence-corrected chi connectivity index (χ2v) is 5.87. The molecule has 1 aliphatic rings. The third-order valence-corrected chi connectivity index (χ3v) is 4.07. The first-order valence-corrected chi connectivity index (χ1v) is 8.57. The van der Waals surface area contributed by atoms with Gasteiger partial charge in [0.1, 0.15) is 0 Å². The van der Waals surface area contributed by atoms with E-state index in [1.807, 2.05) is 17.0 Å². The molecule has 0 spiro atoms. The molecule has 7 heteroatoms. The van der Waals surface area contributed by atoms with E-state index in [0.717, 1.165) is 56.2 Å². The van der Waals surface area contributed by atoms with Crippen molar-refractivity contribution >= 4 is 41.5 Å². The van der Waals surface area contributed by atoms with Crippen LogP contribution < -0.4 is 15.5 Å². The number of rotatable bonds is 7. The zero-order valence-electron chi connectivity index (χ0n) is 15.1. The minimum Gasteiger partial charge on any atom is -0.385 e. The van der Waals surface area contributed by atoms with Gasteiger partial charge in [-0.15, -0.1) is 24.0 Å². The highest BCUT2D eigenvalue weighted by atomic mass is 127. The maximum atomic E-state index is 12.0. The van der Waals surface area contributed by atoms with Gasteiger partial charge in [0.05, 0.1) is 0 Å². The number of nitrogens with one attached hydrogen (secondary N) is 2. The van der Waals surface area contributed by atoms with Crippen molar-refractivity contribution in [3.63, 3.8) is 0 Å². The molecule has 140 valence electrons. The van der Waals surface area contributed by atoms with Gasteiger partial charge in [-0.1, -0.05) is 12.1 Å². The summed E-state index contributed by atoms with van der Waals surface area (Å²) in [5, 5.41) is 6.54. The predicted octanol–water partition coefficient (Wildman–Crippen LogP) is 2.52. The summed E-state index contributed by atoms with van der Waals surface area (Å²) in [6.45, 7) is 3.08. The van der Waals surface area contributed by atoms with Crippen molar-refractivity contribution < 1.29 is 9.53 Å². The highest BCUT2D eigenvalue weighted by molar-refractivity contribution is 14.0. The van der Waals surface area contributed by atoms with Crippen molar-refractivity contribution in [2.75, 3.05) is 38.8 Å². The van der Waals surface area contributed by atoms with Crippen LogP contribution in [0.2, 0.25) is 0 Å². The van der Waals surface area contributed by atoms with Crippen molar-refractivity contribution in [3.05, 3.63) is 29.8 Å². The largest absolute Gasteiger partial charge is 0.385 e. The van der Waals surface area contributed by atoms with Crippen LogP contribution in [0, 0.1) is 0 Å². The number of carbonyl (C=O) groups is 1. The Kier molecular flexibility index (Phi) is 10.5. The highest BCUT2D eigenvalue weighted by Gasteiger charge is 2.19. The first kappa shape index (κ1) is 21.7. The second kappa shape index (κ2) is 12.1. The van der Waals surface area contributed by atoms with Crippen molar-refractivity contribution in [2.24, 2.45) is 4.99 Å². The van der Waals surface area contributed by atoms with Gasteiger partial charge in [0.25, 0.3) is 0 Å². The van der Waals surface area contributed by atoms with Gasteiger partial charge < -0.3 is 20.3 Å². The number of guanidine groups is 1. The van der Waals surface area contributed by atoms with Crippen LogP contribution in [0.3, 0.4) is 0 Å². The number of carbonyl (C=O) groups excluding carboxylic acids is 1. The van der Waals surface area contributed by atoms with Crippen LogP contribution in [0.15, 0.2) is 29.3 Å². The summed E-state index contributed by atoms with van der Waals surface area (Å²) in [6.07, 6.45) is 3.69. The van der Waals surface area contributed by atoms with E-state index in [1.54, 1.807) is 14.2 Å². The number of nitrogens with zero attached hydrogens (tertiary/aromatic N) is 2. The molecule has 0 bridgehead atoms. The van der Waals surface area contributed by atoms with Gasteiger partial charge in [0.2, 0.25) is 5.91 Å². The van der Waals surface area contributed by atoms with Crippen LogP contribution in [0.4, 0.5) is 5.69 Å². The van der Waals surface area contributed by atoms with E-state index in [4.69, 9.17) is 4.74 Å². The van der Waals surface area contributed by atoms with Gasteiger partial charge >= 0.3 is 0 Å². The fraction of sp³-hybridized carbons (Fsp3) is 0.556. The monoisotopic (exact) mass is 460 g/mol. The number of amides is 1. The summed E-state index contributed by atoms with van der Waals surface area (Å²) < 4.78 is 5.03. The van der Waals surface area contributed by atoms with Crippen LogP contribution in [0.1, 0.15) is 31.2 Å². The molecule has 1 aromatic carbocycles. The fourth-order valence-corrected chi connectivity index (χ4v) is 2.70. The number of hydrogen-bond acceptors (Lipinski definition) is 3. The molecule has 2 rings (SSSR count). The lowest BCUT2D eigenvalue weighted by molar-refractivity contribution is -0.119. The normalized spacial score (nSPS) is 14.9. The lowest BCUT2D eigenvalue weighted by Crippen LogP contribution is -2.37. The number of benzene rings is 1. The first-order chi connectivity index (χ1) is 11.7. The molecule has 1 amide bonds. The number of ether oxygens (including phenoxy) is 1. The van der Waals surface area contributed by atoms with Crippen molar-refractivity contribution in [1.29, 1.82) is 0 Å². The highest BCUT2D eigenvalue weighted by Crippen LogP contribution is 2.21. The van der Waals surface area contributed by atoms with E-state index >= 15 is 0 Å². The molecule has 0 aliphatic carbocycles. The maximum Gasteiger partial charge on any atom is 0.226 e. The number of anilines is 1. The Hall–Kier alpha value is -1.35. The standard InChI is InChI=1S/C18H28N4O2.HI/c1-19-18(20-11-5-13-24-2)21-14-15-7-9-16(10-8-15)22-12-4-3-6-17(22)23;/h7-10H,3-6,11-14H2,1-2H3,(H2,19,20,21);1H. The Morgan fingerprint density at radius 2 is 2.00 bits per heavy atom. The van der Waals surface area contributed by atoms with Crippen molar-refractivity contribution in [1.82, 2.24) is 10.6 Å². The Morgan fingerprint density at radius 1 is 1.24 bits per heavy atom. The van der Waals surface area contributed by atoms with E-state index in [0.29, 0.717) is 13.0 Å². The SMILES string of the molecule is CN=C(NCCCOC)NCc1ccc(N2CCCCC2=O)cc1.I. The average molecular weight is 460 g/mol. The minimum atomic E-state index is 0. The molecule has 0 atom stereocenters. The van der Waals surface area contributed by atoms with Crippen LogP contribution in [-0.4, -0.2) is 45.7 Å². The molecule has 1 saturated heterocycles. The van der Waals surface area contributed by atoms with Gasteiger partial charge in [-0.05, 0) is 37.0 Å². The van der Waals surface area contributed by atoms with E-state index in [9.17, 15) is 4.79 Å². The number of methoxy groups -OCH3 is 1. The Labute approximate surface area is 167 Å². The third kappa shape index (κ3) is 7.19. The zero-order chi connectivity index (χ0) is 17.2. The number of piperidine rings is 1. The zero-order valence-corrected chi connectivity index (χ0v) is 17.4. The van der Waals surface area contributed by atoms with Gasteiger partial charge in [-0.2, -0.15) is 0 Å². The first-order valence-electron chi connectivity index (χ1n) is 8.57. The Morgan fingerprint density at radius 3 is 2.64 bits per heavy atom. The molecule has 25 heavy (non-hydrogen) atoms. The van der Waals surface area contributed by atoms with Crippen LogP contribution in [0.25, 0.3) is 0 Å². The molecular weight excluding hydrogens is 431 g/mol. The summed E-state index contributed by atoms with van der Waals surface area (Å²) in [7, 11) is 3.46. The topological polar surface area (TPSA) is 66.0 Å². The van der Waals surface area contributed by atoms with Crippen LogP contribution in [-0.2, 0) is 16.1 Å². The summed E-state index contributed by atoms with van der Waals surface area (Å²) in [5.74, 6) is 1.01. The van der Waals surface area contributed by atoms with Crippen molar-refractivity contribution in [2.45, 2.75) is 32.2 Å². The molecule has 1 aromatic rings. The number of hydrogen-bond donors (Lipinski definition) is 2. The molecule has 1 aliphatic heterocycles. The average Bonchev–Trinajstić information content (AvgIpc) is 2.62. The lowest BCUT2D eigenvalue weighted by atomic mass is 10.1. The molecule has 2 N–H and O–H groups in total. The lowest BCUT2D eigenvalue weighted by Gasteiger charge is -2.26. The van der Waals surface area contributed by atoms with Crippen molar-refractivity contribution in [3.8, 4) is 0 Å². The van der Waals surface area contributed by atoms with E-state index in [1.165, 1.54) is 0 Å². The summed E-state index contributed by atoms with van der Waals surface area (Å²) >= 11 is 0. The summed E-state index contributed by atoms with van der Waals surface area (Å²) in [6, 6.07) is 8.16. The fourth-order valence-electron chi connectivity index (χ4n) is 2.70. The molecule has 6 nitrogen and oxygen atoms in total. The van der Waals surface area contributed by atoms with Gasteiger partial charge in [-0.3, -0.25) is 9.79 Å². The minimum absolute atomic E-state index is 0. The molecule has 1 heterocycles. The molecule has 0 radical (unpaired) electrons. The molecule has 0 saturated carbocycles. The predicted molar refractivity (Wildman–Crippen MR) is 113 cm³/mol. The van der Waals surface area contributed by atoms with Crippen LogP contribution >= 0.6 is 24.0 Å². The second-order valence-electron chi connectivity index (χ2n) is 5.87. The summed E-state index contributed by atoms with van der Waals surface area (Å²) in [5.41, 5.74) is 2.15. The van der Waals surface area contributed by atoms with E-state index < -0.39 is 0 Å². The third-order valence-electron chi connectivity index (χ3n) is 4.07. The number of halogens is 1. The van der Waals surface area contributed by atoms with E-state index in [-0.39, 0.29) is 29.9 Å².